The van der Waals surface area contributed by atoms with E-state index >= 15 is 0 Å². The summed E-state index contributed by atoms with van der Waals surface area (Å²) in [6, 6.07) is 0. The Morgan fingerprint density at radius 1 is 1.89 bits per heavy atom. The van der Waals surface area contributed by atoms with Gasteiger partial charge in [-0.15, -0.1) is 0 Å². The van der Waals surface area contributed by atoms with E-state index in [0.717, 1.165) is 0 Å². The second kappa shape index (κ2) is 5.21. The lowest BCUT2D eigenvalue weighted by atomic mass is 10.7. The van der Waals surface area contributed by atoms with Crippen LogP contribution in [0.25, 0.3) is 0 Å². The minimum atomic E-state index is -0.797. The molecule has 0 rings (SSSR count). The van der Waals surface area contributed by atoms with E-state index in [1.807, 2.05) is 0 Å². The number of carbonyl (C=O) groups excluding carboxylic acids is 1. The van der Waals surface area contributed by atoms with Crippen molar-refractivity contribution in [2.24, 2.45) is 10.7 Å². The number of nitrogens with zero attached hydrogens (tertiary/aromatic N) is 1. The van der Waals surface area contributed by atoms with Crippen molar-refractivity contribution in [2.45, 2.75) is 0 Å². The van der Waals surface area contributed by atoms with E-state index < -0.39 is 6.09 Å². The van der Waals surface area contributed by atoms with Gasteiger partial charge in [0.1, 0.15) is 6.61 Å². The molecule has 0 saturated carbocycles. The summed E-state index contributed by atoms with van der Waals surface area (Å²) < 4.78 is 4.30. The molecule has 0 aromatic heterocycles. The molecule has 4 nitrogen and oxygen atoms in total. The normalized spacial score (nSPS) is 7.56. The molecule has 2 N–H and O–H groups in total. The topological polar surface area (TPSA) is 64.7 Å². The average Bonchev–Trinajstić information content (AvgIpc) is 1.80. The number of isothiocyanates is 1. The summed E-state index contributed by atoms with van der Waals surface area (Å²) in [7, 11) is 0. The number of aliphatic imine (C=N–C) groups is 1. The van der Waals surface area contributed by atoms with Crippen LogP contribution in [0, 0.1) is 0 Å². The Labute approximate surface area is 57.7 Å². The van der Waals surface area contributed by atoms with Crippen LogP contribution in [0.3, 0.4) is 0 Å². The van der Waals surface area contributed by atoms with Crippen molar-refractivity contribution in [1.82, 2.24) is 0 Å². The largest absolute Gasteiger partial charge is 0.448 e. The van der Waals surface area contributed by atoms with Crippen LogP contribution in [0.5, 0.6) is 0 Å². The summed E-state index contributed by atoms with van der Waals surface area (Å²) in [6.45, 7) is 0.491. The Morgan fingerprint density at radius 3 is 3.00 bits per heavy atom. The highest BCUT2D eigenvalue weighted by molar-refractivity contribution is 7.78. The molecule has 0 heterocycles. The third-order valence-corrected chi connectivity index (χ3v) is 0.641. The van der Waals surface area contributed by atoms with Gasteiger partial charge in [-0.1, -0.05) is 0 Å². The Morgan fingerprint density at radius 2 is 2.56 bits per heavy atom. The number of hydrogen-bond donors (Lipinski definition) is 1. The van der Waals surface area contributed by atoms with E-state index in [-0.39, 0.29) is 6.61 Å². The predicted molar refractivity (Wildman–Crippen MR) is 35.4 cm³/mol. The molecule has 0 radical (unpaired) electrons. The van der Waals surface area contributed by atoms with Crippen molar-refractivity contribution in [1.29, 1.82) is 0 Å². The second-order valence-electron chi connectivity index (χ2n) is 1.14. The minimum Gasteiger partial charge on any atom is -0.448 e. The summed E-state index contributed by atoms with van der Waals surface area (Å²) in [5, 5.41) is 2.12. The molecule has 0 aliphatic rings. The van der Waals surface area contributed by atoms with Gasteiger partial charge in [0.05, 0.1) is 11.7 Å². The van der Waals surface area contributed by atoms with Gasteiger partial charge in [-0.25, -0.2) is 9.79 Å². The maximum Gasteiger partial charge on any atom is 0.404 e. The Hall–Kier alpha value is -0.930. The Bertz CT molecular complexity index is 140. The SMILES string of the molecule is NC(=O)OCCN=C=S. The fraction of sp³-hybridized carbons (Fsp3) is 0.500. The van der Waals surface area contributed by atoms with Crippen LogP contribution in [0.4, 0.5) is 4.79 Å². The highest BCUT2D eigenvalue weighted by atomic mass is 32.1. The zero-order valence-electron chi connectivity index (χ0n) is 4.66. The molecule has 0 aliphatic heterocycles. The van der Waals surface area contributed by atoms with Crippen molar-refractivity contribution < 1.29 is 9.53 Å². The van der Waals surface area contributed by atoms with Gasteiger partial charge in [-0.2, -0.15) is 0 Å². The zero-order chi connectivity index (χ0) is 7.11. The first-order valence-electron chi connectivity index (χ1n) is 2.23. The molecular formula is C4H6N2O2S. The molecule has 0 spiro atoms. The molecule has 0 fully saturated rings. The van der Waals surface area contributed by atoms with Crippen molar-refractivity contribution in [3.63, 3.8) is 0 Å². The first-order chi connectivity index (χ1) is 4.27. The standard InChI is InChI=1S/C4H6N2O2S/c5-4(7)8-2-1-6-3-9/h1-2H2,(H2,5,7). The van der Waals surface area contributed by atoms with Crippen molar-refractivity contribution in [2.75, 3.05) is 13.2 Å². The molecule has 9 heavy (non-hydrogen) atoms. The Kier molecular flexibility index (Phi) is 4.67. The number of primary amides is 1. The molecule has 1 amide bonds. The van der Waals surface area contributed by atoms with Gasteiger partial charge >= 0.3 is 6.09 Å². The van der Waals surface area contributed by atoms with Gasteiger partial charge in [-0.05, 0) is 12.2 Å². The van der Waals surface area contributed by atoms with E-state index in [1.54, 1.807) is 0 Å². The molecule has 0 unspecified atom stereocenters. The molecular weight excluding hydrogens is 140 g/mol. The summed E-state index contributed by atoms with van der Waals surface area (Å²) in [4.78, 5) is 13.4. The summed E-state index contributed by atoms with van der Waals surface area (Å²) in [5.74, 6) is 0. The van der Waals surface area contributed by atoms with Gasteiger partial charge in [0.15, 0.2) is 0 Å². The molecule has 0 aromatic carbocycles. The van der Waals surface area contributed by atoms with E-state index in [1.165, 1.54) is 0 Å². The lowest BCUT2D eigenvalue weighted by Gasteiger charge is -1.93. The Balaban J connectivity index is 3.10. The quantitative estimate of drug-likeness (QED) is 0.351. The van der Waals surface area contributed by atoms with E-state index in [9.17, 15) is 4.79 Å². The first-order valence-corrected chi connectivity index (χ1v) is 2.64. The maximum atomic E-state index is 9.87. The summed E-state index contributed by atoms with van der Waals surface area (Å²) in [6.07, 6.45) is -0.797. The lowest BCUT2D eigenvalue weighted by molar-refractivity contribution is 0.160. The van der Waals surface area contributed by atoms with Crippen molar-refractivity contribution in [3.05, 3.63) is 0 Å². The number of amides is 1. The van der Waals surface area contributed by atoms with Gasteiger partial charge in [0, 0.05) is 0 Å². The van der Waals surface area contributed by atoms with Crippen LogP contribution in [-0.2, 0) is 4.74 Å². The fourth-order valence-corrected chi connectivity index (χ4v) is 0.329. The monoisotopic (exact) mass is 146 g/mol. The van der Waals surface area contributed by atoms with Crippen molar-refractivity contribution in [3.8, 4) is 0 Å². The number of rotatable bonds is 3. The summed E-state index contributed by atoms with van der Waals surface area (Å²) >= 11 is 4.24. The summed E-state index contributed by atoms with van der Waals surface area (Å²) in [5.41, 5.74) is 4.63. The van der Waals surface area contributed by atoms with Gasteiger partial charge in [-0.3, -0.25) is 0 Å². The number of hydrogen-bond acceptors (Lipinski definition) is 4. The number of thiocarbonyl (C=S) groups is 1. The predicted octanol–water partition coefficient (Wildman–Crippen LogP) is 0.185. The van der Waals surface area contributed by atoms with Crippen LogP contribution < -0.4 is 5.73 Å². The van der Waals surface area contributed by atoms with Gasteiger partial charge in [0.2, 0.25) is 0 Å². The van der Waals surface area contributed by atoms with Gasteiger partial charge in [0.25, 0.3) is 0 Å². The minimum absolute atomic E-state index is 0.166. The smallest absolute Gasteiger partial charge is 0.404 e. The first kappa shape index (κ1) is 8.07. The highest BCUT2D eigenvalue weighted by Gasteiger charge is 1.88. The highest BCUT2D eigenvalue weighted by Crippen LogP contribution is 1.73. The molecule has 0 aliphatic carbocycles. The molecule has 5 heteroatoms. The fourth-order valence-electron chi connectivity index (χ4n) is 0.238. The van der Waals surface area contributed by atoms with Crippen LogP contribution in [-0.4, -0.2) is 24.4 Å². The van der Waals surface area contributed by atoms with E-state index in [4.69, 9.17) is 0 Å². The second-order valence-corrected chi connectivity index (χ2v) is 1.32. The van der Waals surface area contributed by atoms with Crippen molar-refractivity contribution >= 4 is 23.5 Å². The van der Waals surface area contributed by atoms with Crippen LogP contribution >= 0.6 is 12.2 Å². The molecule has 50 valence electrons. The number of carbonyl (C=O) groups is 1. The third kappa shape index (κ3) is 7.07. The average molecular weight is 146 g/mol. The van der Waals surface area contributed by atoms with Crippen LogP contribution in [0.2, 0.25) is 0 Å². The van der Waals surface area contributed by atoms with Gasteiger partial charge < -0.3 is 10.5 Å². The third-order valence-electron chi connectivity index (χ3n) is 0.512. The molecule has 0 atom stereocenters. The molecule has 0 bridgehead atoms. The maximum absolute atomic E-state index is 9.87. The molecule has 0 aromatic rings. The van der Waals surface area contributed by atoms with E-state index in [2.05, 4.69) is 32.8 Å². The van der Waals surface area contributed by atoms with Crippen LogP contribution in [0.1, 0.15) is 0 Å². The van der Waals surface area contributed by atoms with Crippen LogP contribution in [0.15, 0.2) is 4.99 Å². The molecule has 0 saturated heterocycles. The lowest BCUT2D eigenvalue weighted by Crippen LogP contribution is -2.14. The number of ether oxygens (including phenoxy) is 1. The van der Waals surface area contributed by atoms with E-state index in [0.29, 0.717) is 6.54 Å². The number of nitrogens with two attached hydrogens (primary N) is 1. The zero-order valence-corrected chi connectivity index (χ0v) is 5.48.